The van der Waals surface area contributed by atoms with E-state index in [0.717, 1.165) is 26.1 Å². The van der Waals surface area contributed by atoms with Crippen LogP contribution in [-0.2, 0) is 23.1 Å². The van der Waals surface area contributed by atoms with Crippen molar-refractivity contribution in [1.82, 2.24) is 15.2 Å². The number of nitrogens with zero attached hydrogens (tertiary/aromatic N) is 3. The number of hydrogen-bond acceptors (Lipinski definition) is 9. The average Bonchev–Trinajstić information content (AvgIpc) is 3.71. The second-order valence-corrected chi connectivity index (χ2v) is 13.1. The minimum Gasteiger partial charge on any atom is -0.351 e. The number of thiophene rings is 1. The van der Waals surface area contributed by atoms with Crippen molar-refractivity contribution in [3.63, 3.8) is 0 Å². The largest absolute Gasteiger partial charge is 0.357 e. The van der Waals surface area contributed by atoms with Crippen LogP contribution in [0, 0.1) is 0 Å². The lowest BCUT2D eigenvalue weighted by Crippen LogP contribution is -2.14. The van der Waals surface area contributed by atoms with Crippen molar-refractivity contribution in [3.05, 3.63) is 111 Å². The molecule has 202 valence electrons. The zero-order valence-corrected chi connectivity index (χ0v) is 24.2. The topological polar surface area (TPSA) is 117 Å². The Morgan fingerprint density at radius 3 is 2.45 bits per heavy atom. The van der Waals surface area contributed by atoms with Crippen LogP contribution in [0.25, 0.3) is 20.7 Å². The number of thiazole rings is 1. The zero-order valence-electron chi connectivity index (χ0n) is 20.9. The van der Waals surface area contributed by atoms with Gasteiger partial charge in [0, 0.05) is 11.8 Å². The Kier molecular flexibility index (Phi) is 7.59. The number of benzene rings is 3. The van der Waals surface area contributed by atoms with Gasteiger partial charge in [0.05, 0.1) is 22.3 Å². The van der Waals surface area contributed by atoms with Crippen LogP contribution in [-0.4, -0.2) is 28.2 Å². The molecule has 3 aromatic heterocycles. The van der Waals surface area contributed by atoms with Gasteiger partial charge in [-0.2, -0.15) is 8.42 Å². The van der Waals surface area contributed by atoms with E-state index in [9.17, 15) is 8.42 Å². The molecule has 3 N–H and O–H groups in total. The molecule has 0 spiro atoms. The first-order valence-electron chi connectivity index (χ1n) is 12.3. The molecule has 12 heteroatoms. The molecule has 6 aromatic rings. The molecule has 3 heterocycles. The first kappa shape index (κ1) is 26.5. The van der Waals surface area contributed by atoms with Gasteiger partial charge in [0.15, 0.2) is 0 Å². The van der Waals surface area contributed by atoms with Gasteiger partial charge in [0.2, 0.25) is 5.13 Å². The van der Waals surface area contributed by atoms with Crippen molar-refractivity contribution in [2.75, 3.05) is 10.0 Å². The molecule has 0 amide bonds. The lowest BCUT2D eigenvalue weighted by atomic mass is 10.0. The van der Waals surface area contributed by atoms with Gasteiger partial charge >= 0.3 is 10.3 Å². The number of aromatic nitrogens is 3. The maximum absolute atomic E-state index is 11.1. The summed E-state index contributed by atoms with van der Waals surface area (Å²) in [7, 11) is -4.33. The number of hydrogen-bond donors (Lipinski definition) is 3. The lowest BCUT2D eigenvalue weighted by molar-refractivity contribution is 0.489. The van der Waals surface area contributed by atoms with Crippen LogP contribution >= 0.6 is 34.0 Å². The van der Waals surface area contributed by atoms with Crippen LogP contribution in [0.4, 0.5) is 10.8 Å². The van der Waals surface area contributed by atoms with Crippen molar-refractivity contribution in [1.29, 1.82) is 0 Å². The molecule has 0 saturated heterocycles. The Labute approximate surface area is 243 Å². The zero-order chi connectivity index (χ0) is 27.5. The normalized spacial score (nSPS) is 12.4. The molecule has 3 aromatic carbocycles. The third kappa shape index (κ3) is 6.54. The van der Waals surface area contributed by atoms with Crippen LogP contribution in [0.15, 0.2) is 89.6 Å². The fraction of sp³-hybridized carbons (Fsp3) is 0.107. The van der Waals surface area contributed by atoms with E-state index >= 15 is 0 Å². The molecule has 1 atom stereocenters. The van der Waals surface area contributed by atoms with Gasteiger partial charge in [-0.25, -0.2) is 4.98 Å². The second kappa shape index (κ2) is 11.4. The standard InChI is InChI=1S/C28H23N5O3S4/c34-40(35,36)33-22-11-8-18(9-12-22)15-23(24-17-38-27(29-24)25-6-3-13-37-25)30-28-32-31-26(39-28)16-19-7-10-20-4-1-2-5-21(20)14-19/h1-14,17,23,33H,15-16H2,(H,30,32)(H,34,35,36). The molecular formula is C28H23N5O3S4. The van der Waals surface area contributed by atoms with Gasteiger partial charge < -0.3 is 5.32 Å². The van der Waals surface area contributed by atoms with Gasteiger partial charge in [-0.1, -0.05) is 72.0 Å². The van der Waals surface area contributed by atoms with Crippen molar-refractivity contribution < 1.29 is 13.0 Å². The van der Waals surface area contributed by atoms with Crippen LogP contribution in [0.5, 0.6) is 0 Å². The first-order chi connectivity index (χ1) is 19.4. The lowest BCUT2D eigenvalue weighted by Gasteiger charge is -2.16. The maximum Gasteiger partial charge on any atom is 0.357 e. The van der Waals surface area contributed by atoms with E-state index < -0.39 is 10.3 Å². The summed E-state index contributed by atoms with van der Waals surface area (Å²) in [6.45, 7) is 0. The monoisotopic (exact) mass is 605 g/mol. The minimum absolute atomic E-state index is 0.188. The van der Waals surface area contributed by atoms with Crippen LogP contribution in [0.2, 0.25) is 0 Å². The number of rotatable bonds is 10. The van der Waals surface area contributed by atoms with E-state index in [0.29, 0.717) is 18.0 Å². The summed E-state index contributed by atoms with van der Waals surface area (Å²) < 4.78 is 33.4. The van der Waals surface area contributed by atoms with Gasteiger partial charge in [-0.3, -0.25) is 9.27 Å². The summed E-state index contributed by atoms with van der Waals surface area (Å²) in [4.78, 5) is 6.03. The number of nitrogens with one attached hydrogen (secondary N) is 2. The summed E-state index contributed by atoms with van der Waals surface area (Å²) in [6.07, 6.45) is 1.27. The quantitative estimate of drug-likeness (QED) is 0.143. The Balaban J connectivity index is 1.22. The van der Waals surface area contributed by atoms with E-state index in [1.54, 1.807) is 34.8 Å². The van der Waals surface area contributed by atoms with Crippen molar-refractivity contribution >= 4 is 65.9 Å². The summed E-state index contributed by atoms with van der Waals surface area (Å²) in [5.74, 6) is 0. The maximum atomic E-state index is 11.1. The highest BCUT2D eigenvalue weighted by Crippen LogP contribution is 2.33. The Morgan fingerprint density at radius 1 is 0.875 bits per heavy atom. The van der Waals surface area contributed by atoms with Crippen molar-refractivity contribution in [2.45, 2.75) is 18.9 Å². The minimum atomic E-state index is -4.33. The van der Waals surface area contributed by atoms with E-state index in [4.69, 9.17) is 9.54 Å². The van der Waals surface area contributed by atoms with Crippen molar-refractivity contribution in [2.24, 2.45) is 0 Å². The second-order valence-electron chi connectivity index (χ2n) is 9.09. The molecule has 0 aliphatic carbocycles. The summed E-state index contributed by atoms with van der Waals surface area (Å²) in [6, 6.07) is 25.5. The smallest absolute Gasteiger partial charge is 0.351 e. The third-order valence-corrected chi connectivity index (χ3v) is 9.43. The predicted octanol–water partition coefficient (Wildman–Crippen LogP) is 7.08. The number of fused-ring (bicyclic) bond motifs is 1. The SMILES string of the molecule is O=S(=O)(O)Nc1ccc(CC(Nc2nnc(Cc3ccc4ccccc4c3)s2)c2csc(-c3cccs3)n2)cc1. The highest BCUT2D eigenvalue weighted by molar-refractivity contribution is 7.87. The first-order valence-corrected chi connectivity index (χ1v) is 16.3. The predicted molar refractivity (Wildman–Crippen MR) is 164 cm³/mol. The summed E-state index contributed by atoms with van der Waals surface area (Å²) in [5.41, 5.74) is 3.31. The number of anilines is 2. The average molecular weight is 606 g/mol. The Morgan fingerprint density at radius 2 is 1.68 bits per heavy atom. The molecule has 0 saturated carbocycles. The molecule has 0 aliphatic rings. The highest BCUT2D eigenvalue weighted by atomic mass is 32.2. The molecule has 8 nitrogen and oxygen atoms in total. The van der Waals surface area contributed by atoms with Gasteiger partial charge in [-0.05, 0) is 51.9 Å². The third-order valence-electron chi connectivity index (χ3n) is 6.19. The van der Waals surface area contributed by atoms with Gasteiger partial charge in [0.25, 0.3) is 0 Å². The van der Waals surface area contributed by atoms with Gasteiger partial charge in [-0.15, -0.1) is 32.9 Å². The molecule has 6 rings (SSSR count). The molecule has 40 heavy (non-hydrogen) atoms. The highest BCUT2D eigenvalue weighted by Gasteiger charge is 2.19. The molecule has 1 unspecified atom stereocenters. The van der Waals surface area contributed by atoms with E-state index in [1.807, 2.05) is 35.7 Å². The molecule has 0 radical (unpaired) electrons. The molecule has 0 fully saturated rings. The van der Waals surface area contributed by atoms with E-state index in [-0.39, 0.29) is 11.7 Å². The Bertz CT molecular complexity index is 1850. The van der Waals surface area contributed by atoms with Crippen molar-refractivity contribution in [3.8, 4) is 9.88 Å². The van der Waals surface area contributed by atoms with E-state index in [2.05, 4.69) is 62.0 Å². The van der Waals surface area contributed by atoms with Crippen LogP contribution in [0.1, 0.15) is 27.9 Å². The molecular weight excluding hydrogens is 583 g/mol. The fourth-order valence-electron chi connectivity index (χ4n) is 4.34. The Hall–Kier alpha value is -3.68. The molecule has 0 bridgehead atoms. The molecule has 0 aliphatic heterocycles. The summed E-state index contributed by atoms with van der Waals surface area (Å²) >= 11 is 4.77. The van der Waals surface area contributed by atoms with E-state index in [1.165, 1.54) is 27.7 Å². The van der Waals surface area contributed by atoms with Crippen LogP contribution < -0.4 is 10.0 Å². The van der Waals surface area contributed by atoms with Crippen LogP contribution in [0.3, 0.4) is 0 Å². The van der Waals surface area contributed by atoms with Gasteiger partial charge in [0.1, 0.15) is 10.0 Å². The summed E-state index contributed by atoms with van der Waals surface area (Å²) in [5, 5.41) is 21.5. The fourth-order valence-corrected chi connectivity index (χ4v) is 7.29.